The first kappa shape index (κ1) is 26.5. The van der Waals surface area contributed by atoms with E-state index in [2.05, 4.69) is 4.98 Å². The van der Waals surface area contributed by atoms with Gasteiger partial charge in [-0.3, -0.25) is 14.6 Å². The molecule has 35 heavy (non-hydrogen) atoms. The average Bonchev–Trinajstić information content (AvgIpc) is 2.81. The molecule has 4 rings (SSSR count). The van der Waals surface area contributed by atoms with E-state index in [-0.39, 0.29) is 54.5 Å². The summed E-state index contributed by atoms with van der Waals surface area (Å²) in [6.07, 6.45) is 5.78. The van der Waals surface area contributed by atoms with Crippen molar-refractivity contribution in [1.82, 2.24) is 13.6 Å². The van der Waals surface area contributed by atoms with Crippen molar-refractivity contribution in [3.05, 3.63) is 93.1 Å². The molecule has 182 valence electrons. The maximum Gasteiger partial charge on any atom is 0.365 e. The van der Waals surface area contributed by atoms with Crippen LogP contribution in [0.3, 0.4) is 0 Å². The summed E-state index contributed by atoms with van der Waals surface area (Å²) < 4.78 is 29.4. The molecule has 1 aromatic carbocycles. The Labute approximate surface area is 222 Å². The molecule has 0 spiro atoms. The van der Waals surface area contributed by atoms with Gasteiger partial charge in [0.15, 0.2) is 12.4 Å². The van der Waals surface area contributed by atoms with E-state index >= 15 is 0 Å². The molecule has 10 nitrogen and oxygen atoms in total. The number of hydrogen-bond acceptors (Lipinski definition) is 6. The lowest BCUT2D eigenvalue weighted by atomic mass is 10.2. The Morgan fingerprint density at radius 1 is 1.17 bits per heavy atom. The first-order valence-corrected chi connectivity index (χ1v) is 11.9. The van der Waals surface area contributed by atoms with Gasteiger partial charge in [0, 0.05) is 30.4 Å². The molecule has 0 aliphatic carbocycles. The van der Waals surface area contributed by atoms with Crippen LogP contribution in [-0.2, 0) is 21.4 Å². The van der Waals surface area contributed by atoms with E-state index in [4.69, 9.17) is 11.6 Å². The van der Waals surface area contributed by atoms with Crippen LogP contribution in [-0.4, -0.2) is 28.0 Å². The standard InChI is InChI=1S/C22H19ClN5O5S.HI/c1-3-25-11-5-6-17(14-25)26(15(2)29)27-20-12-16(23)8-9-19(20)21(30)28(22(27)31)34(32,33)18-7-4-10-24-13-18;/h4-14H,3H2,1-2H3;1H/q+1;/p-1. The molecule has 0 aliphatic heterocycles. The summed E-state index contributed by atoms with van der Waals surface area (Å²) in [6, 6.07) is 9.88. The number of carbonyl (C=O) groups excluding carboxylic acids is 1. The molecule has 1 amide bonds. The maximum atomic E-state index is 13.7. The third-order valence-electron chi connectivity index (χ3n) is 5.08. The molecule has 3 heterocycles. The minimum atomic E-state index is -4.65. The molecule has 3 aromatic heterocycles. The van der Waals surface area contributed by atoms with Crippen LogP contribution in [0.1, 0.15) is 13.8 Å². The van der Waals surface area contributed by atoms with Crippen molar-refractivity contribution in [3.8, 4) is 0 Å². The molecular weight excluding hydrogens is 609 g/mol. The van der Waals surface area contributed by atoms with E-state index in [1.165, 1.54) is 43.5 Å². The molecule has 0 fully saturated rings. The summed E-state index contributed by atoms with van der Waals surface area (Å²) in [5.41, 5.74) is -2.07. The Hall–Kier alpha value is -3.10. The zero-order valence-corrected chi connectivity index (χ0v) is 22.2. The van der Waals surface area contributed by atoms with E-state index in [1.54, 1.807) is 29.1 Å². The SMILES string of the molecule is CC[n+]1cccc(N(C(C)=O)n2c(=O)n(S(=O)(=O)c3cccnc3)c(=O)c3ccc(Cl)cc32)c1.[I-]. The van der Waals surface area contributed by atoms with Gasteiger partial charge < -0.3 is 24.0 Å². The van der Waals surface area contributed by atoms with E-state index in [9.17, 15) is 22.8 Å². The van der Waals surface area contributed by atoms with Gasteiger partial charge in [0.1, 0.15) is 17.1 Å². The Kier molecular flexibility index (Phi) is 7.77. The number of halogens is 2. The van der Waals surface area contributed by atoms with E-state index in [1.807, 2.05) is 6.92 Å². The molecule has 0 saturated carbocycles. The Balaban J connectivity index is 0.00000342. The summed E-state index contributed by atoms with van der Waals surface area (Å²) in [7, 11) is -4.65. The van der Waals surface area contributed by atoms with Crippen molar-refractivity contribution in [1.29, 1.82) is 0 Å². The number of fused-ring (bicyclic) bond motifs is 1. The van der Waals surface area contributed by atoms with Crippen LogP contribution in [0.4, 0.5) is 5.69 Å². The second kappa shape index (κ2) is 10.3. The van der Waals surface area contributed by atoms with Crippen LogP contribution >= 0.6 is 11.6 Å². The highest BCUT2D eigenvalue weighted by Gasteiger charge is 2.29. The van der Waals surface area contributed by atoms with E-state index < -0.39 is 27.2 Å². The van der Waals surface area contributed by atoms with Crippen molar-refractivity contribution in [2.75, 3.05) is 5.01 Å². The predicted octanol–water partition coefficient (Wildman–Crippen LogP) is -1.42. The number of carbonyl (C=O) groups is 1. The molecule has 0 atom stereocenters. The van der Waals surface area contributed by atoms with Crippen LogP contribution in [0.15, 0.2) is 81.7 Å². The number of anilines is 1. The van der Waals surface area contributed by atoms with Crippen LogP contribution in [0.25, 0.3) is 10.9 Å². The summed E-state index contributed by atoms with van der Waals surface area (Å²) in [5, 5.41) is 1.07. The number of benzene rings is 1. The second-order valence-electron chi connectivity index (χ2n) is 7.24. The third-order valence-corrected chi connectivity index (χ3v) is 6.96. The van der Waals surface area contributed by atoms with Gasteiger partial charge in [-0.2, -0.15) is 4.68 Å². The number of pyridine rings is 2. The van der Waals surface area contributed by atoms with Crippen molar-refractivity contribution in [2.45, 2.75) is 25.3 Å². The van der Waals surface area contributed by atoms with E-state index in [0.717, 1.165) is 15.9 Å². The fourth-order valence-corrected chi connectivity index (χ4v) is 4.95. The smallest absolute Gasteiger partial charge is 0.365 e. The van der Waals surface area contributed by atoms with Gasteiger partial charge in [-0.25, -0.2) is 22.8 Å². The molecule has 0 N–H and O–H groups in total. The molecule has 0 bridgehead atoms. The monoisotopic (exact) mass is 627 g/mol. The number of amides is 1. The van der Waals surface area contributed by atoms with Gasteiger partial charge in [-0.1, -0.05) is 11.6 Å². The number of aryl methyl sites for hydroxylation is 1. The third kappa shape index (κ3) is 4.73. The van der Waals surface area contributed by atoms with Crippen molar-refractivity contribution >= 4 is 44.1 Å². The Morgan fingerprint density at radius 3 is 2.54 bits per heavy atom. The van der Waals surface area contributed by atoms with Crippen LogP contribution in [0, 0.1) is 0 Å². The average molecular weight is 628 g/mol. The summed E-state index contributed by atoms with van der Waals surface area (Å²) in [4.78, 5) is 43.2. The van der Waals surface area contributed by atoms with Gasteiger partial charge in [0.05, 0.1) is 10.9 Å². The normalized spacial score (nSPS) is 11.2. The fourth-order valence-electron chi connectivity index (χ4n) is 3.52. The van der Waals surface area contributed by atoms with Crippen LogP contribution in [0.5, 0.6) is 0 Å². The first-order chi connectivity index (χ1) is 16.2. The molecule has 4 aromatic rings. The number of nitrogens with zero attached hydrogens (tertiary/aromatic N) is 5. The highest BCUT2D eigenvalue weighted by Crippen LogP contribution is 2.21. The molecule has 0 radical (unpaired) electrons. The molecular formula is C22H19ClIN5O5S. The quantitative estimate of drug-likeness (QED) is 0.198. The molecule has 0 aliphatic rings. The van der Waals surface area contributed by atoms with Crippen LogP contribution < -0.4 is 44.8 Å². The van der Waals surface area contributed by atoms with Gasteiger partial charge >= 0.3 is 5.69 Å². The maximum absolute atomic E-state index is 13.7. The van der Waals surface area contributed by atoms with Crippen molar-refractivity contribution in [3.63, 3.8) is 0 Å². The molecule has 0 unspecified atom stereocenters. The minimum Gasteiger partial charge on any atom is -1.00 e. The minimum absolute atomic E-state index is 0. The lowest BCUT2D eigenvalue weighted by Crippen LogP contribution is -3.00. The first-order valence-electron chi connectivity index (χ1n) is 10.1. The summed E-state index contributed by atoms with van der Waals surface area (Å²) in [5.74, 6) is -0.596. The summed E-state index contributed by atoms with van der Waals surface area (Å²) >= 11 is 6.14. The molecule has 13 heteroatoms. The summed E-state index contributed by atoms with van der Waals surface area (Å²) in [6.45, 7) is 3.69. The number of rotatable bonds is 5. The fraction of sp³-hybridized carbons (Fsp3) is 0.136. The zero-order chi connectivity index (χ0) is 24.6. The highest BCUT2D eigenvalue weighted by molar-refractivity contribution is 7.89. The Bertz CT molecular complexity index is 1650. The topological polar surface area (TPSA) is 115 Å². The van der Waals surface area contributed by atoms with Gasteiger partial charge in [0.2, 0.25) is 5.91 Å². The van der Waals surface area contributed by atoms with Crippen molar-refractivity contribution in [2.24, 2.45) is 0 Å². The van der Waals surface area contributed by atoms with Gasteiger partial charge in [-0.15, -0.1) is 3.97 Å². The number of hydrogen-bond donors (Lipinski definition) is 0. The lowest BCUT2D eigenvalue weighted by molar-refractivity contribution is -0.693. The lowest BCUT2D eigenvalue weighted by Gasteiger charge is -2.24. The highest BCUT2D eigenvalue weighted by atomic mass is 127. The van der Waals surface area contributed by atoms with E-state index in [0.29, 0.717) is 6.54 Å². The Morgan fingerprint density at radius 2 is 1.91 bits per heavy atom. The van der Waals surface area contributed by atoms with Crippen molar-refractivity contribution < 1.29 is 41.8 Å². The second-order valence-corrected chi connectivity index (χ2v) is 9.47. The van der Waals surface area contributed by atoms with Crippen LogP contribution in [0.2, 0.25) is 5.02 Å². The molecule has 0 saturated heterocycles. The predicted molar refractivity (Wildman–Crippen MR) is 125 cm³/mol. The zero-order valence-electron chi connectivity index (χ0n) is 18.5. The van der Waals surface area contributed by atoms with Gasteiger partial charge in [0.25, 0.3) is 15.6 Å². The van der Waals surface area contributed by atoms with Gasteiger partial charge in [-0.05, 0) is 43.3 Å². The largest absolute Gasteiger partial charge is 1.00 e. The number of aromatic nitrogens is 4.